The standard InChI is InChI=1S/C12H5BrCl2FNO3/c13-6-3-8(15)9(4-7(6)14)20-11-10(16)5(12(18)19)1-2-17-11/h1-4H,(H,18,19). The van der Waals surface area contributed by atoms with Crippen LogP contribution >= 0.6 is 39.1 Å². The number of aromatic carboxylic acids is 1. The molecule has 8 heteroatoms. The Labute approximate surface area is 131 Å². The van der Waals surface area contributed by atoms with E-state index in [-0.39, 0.29) is 10.8 Å². The van der Waals surface area contributed by atoms with Gasteiger partial charge in [-0.3, -0.25) is 0 Å². The second-order valence-corrected chi connectivity index (χ2v) is 5.25. The highest BCUT2D eigenvalue weighted by Crippen LogP contribution is 2.36. The summed E-state index contributed by atoms with van der Waals surface area (Å²) in [4.78, 5) is 14.5. The molecule has 104 valence electrons. The molecular weight excluding hydrogens is 376 g/mol. The molecule has 0 aliphatic rings. The number of carboxylic acid groups (broad SMARTS) is 1. The van der Waals surface area contributed by atoms with Crippen molar-refractivity contribution in [1.82, 2.24) is 4.98 Å². The van der Waals surface area contributed by atoms with Crippen LogP contribution in [0.15, 0.2) is 28.9 Å². The molecule has 20 heavy (non-hydrogen) atoms. The molecule has 0 radical (unpaired) electrons. The normalized spacial score (nSPS) is 10.4. The van der Waals surface area contributed by atoms with Crippen LogP contribution in [0.25, 0.3) is 0 Å². The van der Waals surface area contributed by atoms with Gasteiger partial charge in [0.2, 0.25) is 0 Å². The number of aromatic nitrogens is 1. The smallest absolute Gasteiger partial charge is 0.338 e. The van der Waals surface area contributed by atoms with Crippen molar-refractivity contribution in [2.45, 2.75) is 0 Å². The number of halogens is 4. The van der Waals surface area contributed by atoms with Gasteiger partial charge < -0.3 is 9.84 Å². The minimum Gasteiger partial charge on any atom is -0.478 e. The molecule has 0 fully saturated rings. The molecule has 0 saturated heterocycles. The minimum absolute atomic E-state index is 0.0637. The number of rotatable bonds is 3. The molecule has 0 amide bonds. The van der Waals surface area contributed by atoms with Gasteiger partial charge in [0.1, 0.15) is 11.3 Å². The Morgan fingerprint density at radius 2 is 2.05 bits per heavy atom. The Morgan fingerprint density at radius 3 is 2.70 bits per heavy atom. The molecule has 0 aliphatic carbocycles. The lowest BCUT2D eigenvalue weighted by Crippen LogP contribution is -2.03. The van der Waals surface area contributed by atoms with Crippen molar-refractivity contribution in [2.24, 2.45) is 0 Å². The number of nitrogens with zero attached hydrogens (tertiary/aromatic N) is 1. The third-order valence-electron chi connectivity index (χ3n) is 2.27. The van der Waals surface area contributed by atoms with Crippen LogP contribution in [-0.2, 0) is 0 Å². The Morgan fingerprint density at radius 1 is 1.35 bits per heavy atom. The molecule has 0 atom stereocenters. The van der Waals surface area contributed by atoms with Gasteiger partial charge in [-0.1, -0.05) is 23.2 Å². The molecule has 0 unspecified atom stereocenters. The Bertz CT molecular complexity index is 697. The van der Waals surface area contributed by atoms with E-state index in [0.29, 0.717) is 9.50 Å². The van der Waals surface area contributed by atoms with Crippen LogP contribution < -0.4 is 4.74 Å². The lowest BCUT2D eigenvalue weighted by molar-refractivity contribution is 0.0690. The quantitative estimate of drug-likeness (QED) is 0.778. The van der Waals surface area contributed by atoms with Crippen LogP contribution in [0.5, 0.6) is 11.6 Å². The van der Waals surface area contributed by atoms with Gasteiger partial charge in [0.15, 0.2) is 5.82 Å². The summed E-state index contributed by atoms with van der Waals surface area (Å²) < 4.78 is 19.6. The second-order valence-electron chi connectivity index (χ2n) is 3.58. The third-order valence-corrected chi connectivity index (χ3v) is 3.76. The van der Waals surface area contributed by atoms with Crippen LogP contribution in [0.3, 0.4) is 0 Å². The number of hydrogen-bond donors (Lipinski definition) is 1. The summed E-state index contributed by atoms with van der Waals surface area (Å²) in [7, 11) is 0. The maximum atomic E-state index is 13.9. The Balaban J connectivity index is 2.43. The average Bonchev–Trinajstić information content (AvgIpc) is 2.37. The fourth-order valence-electron chi connectivity index (χ4n) is 1.35. The Kier molecular flexibility index (Phi) is 4.47. The molecule has 0 bridgehead atoms. The predicted octanol–water partition coefficient (Wildman–Crippen LogP) is 4.78. The van der Waals surface area contributed by atoms with E-state index in [4.69, 9.17) is 33.0 Å². The van der Waals surface area contributed by atoms with E-state index in [1.54, 1.807) is 0 Å². The highest BCUT2D eigenvalue weighted by molar-refractivity contribution is 9.10. The molecule has 1 heterocycles. The van der Waals surface area contributed by atoms with Gasteiger partial charge in [0.25, 0.3) is 5.88 Å². The van der Waals surface area contributed by atoms with Gasteiger partial charge in [-0.05, 0) is 28.1 Å². The molecule has 0 saturated carbocycles. The molecule has 2 aromatic rings. The van der Waals surface area contributed by atoms with E-state index >= 15 is 0 Å². The van der Waals surface area contributed by atoms with Crippen LogP contribution in [0.4, 0.5) is 4.39 Å². The molecule has 2 rings (SSSR count). The van der Waals surface area contributed by atoms with E-state index in [0.717, 1.165) is 12.3 Å². The number of benzene rings is 1. The number of carboxylic acids is 1. The monoisotopic (exact) mass is 379 g/mol. The van der Waals surface area contributed by atoms with E-state index in [9.17, 15) is 9.18 Å². The zero-order valence-corrected chi connectivity index (χ0v) is 12.6. The highest BCUT2D eigenvalue weighted by atomic mass is 79.9. The number of carbonyl (C=O) groups is 1. The van der Waals surface area contributed by atoms with E-state index in [2.05, 4.69) is 20.9 Å². The zero-order chi connectivity index (χ0) is 14.9. The molecular formula is C12H5BrCl2FNO3. The predicted molar refractivity (Wildman–Crippen MR) is 75.4 cm³/mol. The zero-order valence-electron chi connectivity index (χ0n) is 9.53. The summed E-state index contributed by atoms with van der Waals surface area (Å²) in [5, 5.41) is 9.29. The summed E-state index contributed by atoms with van der Waals surface area (Å²) >= 11 is 15.0. The van der Waals surface area contributed by atoms with Gasteiger partial charge >= 0.3 is 5.97 Å². The second kappa shape index (κ2) is 5.95. The largest absolute Gasteiger partial charge is 0.478 e. The molecule has 4 nitrogen and oxygen atoms in total. The van der Waals surface area contributed by atoms with E-state index < -0.39 is 23.2 Å². The van der Waals surface area contributed by atoms with Crippen LogP contribution in [0.2, 0.25) is 10.0 Å². The summed E-state index contributed by atoms with van der Waals surface area (Å²) in [5.41, 5.74) is -0.547. The van der Waals surface area contributed by atoms with Gasteiger partial charge in [-0.2, -0.15) is 0 Å². The van der Waals surface area contributed by atoms with Crippen molar-refractivity contribution in [3.63, 3.8) is 0 Å². The average molecular weight is 381 g/mol. The minimum atomic E-state index is -1.42. The number of hydrogen-bond acceptors (Lipinski definition) is 3. The molecule has 1 N–H and O–H groups in total. The maximum Gasteiger partial charge on any atom is 0.338 e. The summed E-state index contributed by atoms with van der Waals surface area (Å²) in [6.07, 6.45) is 1.12. The fraction of sp³-hybridized carbons (Fsp3) is 0. The first-order valence-electron chi connectivity index (χ1n) is 5.10. The Hall–Kier alpha value is -1.37. The first-order valence-corrected chi connectivity index (χ1v) is 6.65. The first kappa shape index (κ1) is 15.0. The van der Waals surface area contributed by atoms with Crippen molar-refractivity contribution in [2.75, 3.05) is 0 Å². The van der Waals surface area contributed by atoms with E-state index in [1.807, 2.05) is 0 Å². The number of ether oxygens (including phenoxy) is 1. The lowest BCUT2D eigenvalue weighted by atomic mass is 10.2. The summed E-state index contributed by atoms with van der Waals surface area (Å²) in [5.74, 6) is -2.94. The SMILES string of the molecule is O=C(O)c1ccnc(Oc2cc(Cl)c(Br)cc2Cl)c1F. The van der Waals surface area contributed by atoms with Gasteiger partial charge in [0, 0.05) is 16.7 Å². The third kappa shape index (κ3) is 3.03. The lowest BCUT2D eigenvalue weighted by Gasteiger charge is -2.09. The maximum absolute atomic E-state index is 13.9. The fourth-order valence-corrected chi connectivity index (χ4v) is 2.18. The van der Waals surface area contributed by atoms with Crippen molar-refractivity contribution in [1.29, 1.82) is 0 Å². The van der Waals surface area contributed by atoms with Crippen LogP contribution in [0.1, 0.15) is 10.4 Å². The molecule has 1 aromatic heterocycles. The van der Waals surface area contributed by atoms with Crippen molar-refractivity contribution in [3.8, 4) is 11.6 Å². The van der Waals surface area contributed by atoms with Crippen molar-refractivity contribution < 1.29 is 19.0 Å². The van der Waals surface area contributed by atoms with Crippen LogP contribution in [0, 0.1) is 5.82 Å². The van der Waals surface area contributed by atoms with Gasteiger partial charge in [-0.15, -0.1) is 0 Å². The summed E-state index contributed by atoms with van der Waals surface area (Å²) in [6.45, 7) is 0. The van der Waals surface area contributed by atoms with Crippen LogP contribution in [-0.4, -0.2) is 16.1 Å². The molecule has 0 spiro atoms. The van der Waals surface area contributed by atoms with Crippen molar-refractivity contribution >= 4 is 45.1 Å². The molecule has 0 aliphatic heterocycles. The van der Waals surface area contributed by atoms with E-state index in [1.165, 1.54) is 12.1 Å². The van der Waals surface area contributed by atoms with Gasteiger partial charge in [0.05, 0.1) is 10.0 Å². The number of pyridine rings is 1. The van der Waals surface area contributed by atoms with Crippen molar-refractivity contribution in [3.05, 3.63) is 50.3 Å². The topological polar surface area (TPSA) is 59.4 Å². The molecule has 1 aromatic carbocycles. The first-order chi connectivity index (χ1) is 9.40. The summed E-state index contributed by atoms with van der Waals surface area (Å²) in [6, 6.07) is 3.86. The highest BCUT2D eigenvalue weighted by Gasteiger charge is 2.18. The van der Waals surface area contributed by atoms with Gasteiger partial charge in [-0.25, -0.2) is 14.2 Å².